The summed E-state index contributed by atoms with van der Waals surface area (Å²) in [7, 11) is -1.95. The zero-order valence-corrected chi connectivity index (χ0v) is 13.0. The van der Waals surface area contributed by atoms with Crippen molar-refractivity contribution in [3.8, 4) is 0 Å². The molecule has 1 aromatic rings. The first-order valence-corrected chi connectivity index (χ1v) is 8.91. The molecule has 0 radical (unpaired) electrons. The van der Waals surface area contributed by atoms with Crippen molar-refractivity contribution in [1.82, 2.24) is 9.62 Å². The summed E-state index contributed by atoms with van der Waals surface area (Å²) in [5, 5.41) is 2.93. The molecule has 4 nitrogen and oxygen atoms in total. The summed E-state index contributed by atoms with van der Waals surface area (Å²) in [4.78, 5) is -0.185. The molecule has 1 N–H and O–H groups in total. The van der Waals surface area contributed by atoms with E-state index in [2.05, 4.69) is 5.32 Å². The van der Waals surface area contributed by atoms with Gasteiger partial charge in [0.05, 0.1) is 0 Å². The quantitative estimate of drug-likeness (QED) is 0.839. The minimum Gasteiger partial charge on any atom is -0.316 e. The maximum absolute atomic E-state index is 14.2. The zero-order chi connectivity index (χ0) is 15.0. The normalized spacial score (nSPS) is 19.2. The first kappa shape index (κ1) is 14.9. The van der Waals surface area contributed by atoms with Crippen molar-refractivity contribution in [3.05, 3.63) is 29.6 Å². The maximum Gasteiger partial charge on any atom is 0.246 e. The van der Waals surface area contributed by atoms with Gasteiger partial charge in [0.1, 0.15) is 10.7 Å². The highest BCUT2D eigenvalue weighted by Crippen LogP contribution is 2.38. The molecule has 0 saturated heterocycles. The third-order valence-electron chi connectivity index (χ3n) is 4.05. The molecule has 3 rings (SSSR count). The SMILES string of the molecule is CNCc1ccc(S(=O)(=O)N(CC2CC2)C2CC2)c(F)c1. The fraction of sp³-hybridized carbons (Fsp3) is 0.600. The molecule has 0 bridgehead atoms. The van der Waals surface area contributed by atoms with E-state index in [1.54, 1.807) is 13.1 Å². The smallest absolute Gasteiger partial charge is 0.246 e. The van der Waals surface area contributed by atoms with Crippen molar-refractivity contribution in [3.63, 3.8) is 0 Å². The van der Waals surface area contributed by atoms with E-state index < -0.39 is 15.8 Å². The Kier molecular flexibility index (Phi) is 4.03. The molecule has 1 aromatic carbocycles. The average molecular weight is 312 g/mol. The monoisotopic (exact) mass is 312 g/mol. The molecule has 0 amide bonds. The second-order valence-electron chi connectivity index (χ2n) is 6.04. The first-order chi connectivity index (χ1) is 10.0. The van der Waals surface area contributed by atoms with E-state index in [-0.39, 0.29) is 10.9 Å². The molecular formula is C15H21FN2O2S. The van der Waals surface area contributed by atoms with E-state index in [0.29, 0.717) is 19.0 Å². The lowest BCUT2D eigenvalue weighted by Gasteiger charge is -2.22. The highest BCUT2D eigenvalue weighted by atomic mass is 32.2. The van der Waals surface area contributed by atoms with E-state index in [9.17, 15) is 12.8 Å². The van der Waals surface area contributed by atoms with E-state index >= 15 is 0 Å². The van der Waals surface area contributed by atoms with Crippen LogP contribution in [-0.2, 0) is 16.6 Å². The second-order valence-corrected chi connectivity index (χ2v) is 7.90. The molecule has 0 aliphatic heterocycles. The van der Waals surface area contributed by atoms with Crippen LogP contribution in [0.15, 0.2) is 23.1 Å². The highest BCUT2D eigenvalue weighted by molar-refractivity contribution is 7.89. The van der Waals surface area contributed by atoms with Crippen LogP contribution in [0.5, 0.6) is 0 Å². The van der Waals surface area contributed by atoms with E-state index in [1.807, 2.05) is 0 Å². The summed E-state index contributed by atoms with van der Waals surface area (Å²) in [5.41, 5.74) is 0.745. The summed E-state index contributed by atoms with van der Waals surface area (Å²) in [6.45, 7) is 1.07. The number of nitrogens with zero attached hydrogens (tertiary/aromatic N) is 1. The van der Waals surface area contributed by atoms with Gasteiger partial charge in [-0.05, 0) is 56.3 Å². The van der Waals surface area contributed by atoms with E-state index in [0.717, 1.165) is 31.2 Å². The van der Waals surface area contributed by atoms with Gasteiger partial charge in [0, 0.05) is 19.1 Å². The van der Waals surface area contributed by atoms with Gasteiger partial charge in [0.2, 0.25) is 10.0 Å². The van der Waals surface area contributed by atoms with Gasteiger partial charge < -0.3 is 5.32 Å². The number of benzene rings is 1. The number of halogens is 1. The number of hydrogen-bond donors (Lipinski definition) is 1. The van der Waals surface area contributed by atoms with Crippen molar-refractivity contribution in [2.45, 2.75) is 43.2 Å². The number of nitrogens with one attached hydrogen (secondary N) is 1. The van der Waals surface area contributed by atoms with E-state index in [1.165, 1.54) is 16.4 Å². The van der Waals surface area contributed by atoms with Gasteiger partial charge in [-0.25, -0.2) is 12.8 Å². The Hall–Kier alpha value is -0.980. The van der Waals surface area contributed by atoms with Crippen molar-refractivity contribution in [1.29, 1.82) is 0 Å². The van der Waals surface area contributed by atoms with Gasteiger partial charge in [0.15, 0.2) is 0 Å². The Labute approximate surface area is 125 Å². The van der Waals surface area contributed by atoms with Crippen LogP contribution >= 0.6 is 0 Å². The number of hydrogen-bond acceptors (Lipinski definition) is 3. The van der Waals surface area contributed by atoms with Gasteiger partial charge in [-0.2, -0.15) is 4.31 Å². The summed E-state index contributed by atoms with van der Waals surface area (Å²) in [6.07, 6.45) is 3.96. The van der Waals surface area contributed by atoms with Gasteiger partial charge in [-0.3, -0.25) is 0 Å². The van der Waals surface area contributed by atoms with Crippen LogP contribution in [0.4, 0.5) is 4.39 Å². The molecule has 2 saturated carbocycles. The summed E-state index contributed by atoms with van der Waals surface area (Å²) < 4.78 is 41.2. The van der Waals surface area contributed by atoms with Gasteiger partial charge in [0.25, 0.3) is 0 Å². The summed E-state index contributed by atoms with van der Waals surface area (Å²) >= 11 is 0. The molecule has 0 aromatic heterocycles. The number of rotatable bonds is 7. The fourth-order valence-electron chi connectivity index (χ4n) is 2.55. The van der Waals surface area contributed by atoms with Crippen LogP contribution in [0.25, 0.3) is 0 Å². The Bertz CT molecular complexity index is 625. The molecule has 2 aliphatic carbocycles. The van der Waals surface area contributed by atoms with E-state index in [4.69, 9.17) is 0 Å². The van der Waals surface area contributed by atoms with Crippen molar-refractivity contribution >= 4 is 10.0 Å². The fourth-order valence-corrected chi connectivity index (χ4v) is 4.36. The van der Waals surface area contributed by atoms with Crippen molar-refractivity contribution in [2.24, 2.45) is 5.92 Å². The van der Waals surface area contributed by atoms with Crippen LogP contribution in [0.2, 0.25) is 0 Å². The van der Waals surface area contributed by atoms with Crippen molar-refractivity contribution in [2.75, 3.05) is 13.6 Å². The molecule has 2 fully saturated rings. The molecule has 6 heteroatoms. The van der Waals surface area contributed by atoms with Crippen molar-refractivity contribution < 1.29 is 12.8 Å². The third-order valence-corrected chi connectivity index (χ3v) is 6.00. The van der Waals surface area contributed by atoms with Crippen LogP contribution in [0.3, 0.4) is 0 Å². The first-order valence-electron chi connectivity index (χ1n) is 7.47. The lowest BCUT2D eigenvalue weighted by Crippen LogP contribution is -2.35. The predicted octanol–water partition coefficient (Wildman–Crippen LogP) is 2.11. The van der Waals surface area contributed by atoms with Crippen LogP contribution in [0, 0.1) is 11.7 Å². The Morgan fingerprint density at radius 3 is 2.52 bits per heavy atom. The summed E-state index contributed by atoms with van der Waals surface area (Å²) in [5.74, 6) is -0.184. The predicted molar refractivity (Wildman–Crippen MR) is 78.8 cm³/mol. The number of sulfonamides is 1. The molecule has 0 spiro atoms. The zero-order valence-electron chi connectivity index (χ0n) is 12.2. The largest absolute Gasteiger partial charge is 0.316 e. The molecule has 2 aliphatic rings. The maximum atomic E-state index is 14.2. The molecule has 0 unspecified atom stereocenters. The van der Waals surface area contributed by atoms with Gasteiger partial charge in [-0.1, -0.05) is 6.07 Å². The van der Waals surface area contributed by atoms with Crippen LogP contribution < -0.4 is 5.32 Å². The minimum atomic E-state index is -3.72. The Balaban J connectivity index is 1.88. The molecule has 0 heterocycles. The molecule has 116 valence electrons. The lowest BCUT2D eigenvalue weighted by atomic mass is 10.2. The standard InChI is InChI=1S/C15H21FN2O2S/c1-17-9-12-4-7-15(14(16)8-12)21(19,20)18(13-5-6-13)10-11-2-3-11/h4,7-8,11,13,17H,2-3,5-6,9-10H2,1H3. The van der Waals surface area contributed by atoms with Gasteiger partial charge >= 0.3 is 0 Å². The summed E-state index contributed by atoms with van der Waals surface area (Å²) in [6, 6.07) is 4.46. The Morgan fingerprint density at radius 1 is 1.29 bits per heavy atom. The van der Waals surface area contributed by atoms with Crippen LogP contribution in [0.1, 0.15) is 31.2 Å². The average Bonchev–Trinajstić information content (AvgIpc) is 3.29. The van der Waals surface area contributed by atoms with Crippen LogP contribution in [-0.4, -0.2) is 32.4 Å². The molecule has 0 atom stereocenters. The molecule has 21 heavy (non-hydrogen) atoms. The molecular weight excluding hydrogens is 291 g/mol. The van der Waals surface area contributed by atoms with Gasteiger partial charge in [-0.15, -0.1) is 0 Å². The minimum absolute atomic E-state index is 0.0759. The topological polar surface area (TPSA) is 49.4 Å². The second kappa shape index (κ2) is 5.66. The third kappa shape index (κ3) is 3.27. The Morgan fingerprint density at radius 2 is 2.00 bits per heavy atom. The lowest BCUT2D eigenvalue weighted by molar-refractivity contribution is 0.386. The highest BCUT2D eigenvalue weighted by Gasteiger charge is 2.41.